The predicted octanol–water partition coefficient (Wildman–Crippen LogP) is 2.48. The van der Waals surface area contributed by atoms with Gasteiger partial charge in [-0.05, 0) is 56.0 Å². The van der Waals surface area contributed by atoms with E-state index in [0.717, 1.165) is 11.4 Å². The first kappa shape index (κ1) is 11.5. The molecule has 1 aliphatic carbocycles. The number of hydrogen-bond donors (Lipinski definition) is 1. The van der Waals surface area contributed by atoms with E-state index in [9.17, 15) is 0 Å². The van der Waals surface area contributed by atoms with Crippen molar-refractivity contribution in [1.29, 1.82) is 0 Å². The second kappa shape index (κ2) is 3.95. The highest BCUT2D eigenvalue weighted by atomic mass is 15.3. The van der Waals surface area contributed by atoms with Gasteiger partial charge in [0.05, 0.1) is 11.4 Å². The Kier molecular flexibility index (Phi) is 2.52. The first-order valence-electron chi connectivity index (χ1n) is 6.48. The van der Waals surface area contributed by atoms with Gasteiger partial charge in [-0.15, -0.1) is 0 Å². The van der Waals surface area contributed by atoms with Gasteiger partial charge in [0, 0.05) is 18.2 Å². The summed E-state index contributed by atoms with van der Waals surface area (Å²) in [5.41, 5.74) is 10.9. The number of benzene rings is 1. The Morgan fingerprint density at radius 2 is 2.00 bits per heavy atom. The molecule has 0 atom stereocenters. The summed E-state index contributed by atoms with van der Waals surface area (Å²) in [5, 5.41) is 4.69. The van der Waals surface area contributed by atoms with Crippen LogP contribution in [-0.4, -0.2) is 16.3 Å². The first-order chi connectivity index (χ1) is 8.64. The van der Waals surface area contributed by atoms with Crippen LogP contribution in [-0.2, 0) is 5.41 Å². The number of nitrogens with two attached hydrogens (primary N) is 1. The molecule has 0 radical (unpaired) electrons. The second-order valence-electron chi connectivity index (χ2n) is 5.40. The Morgan fingerprint density at radius 3 is 2.61 bits per heavy atom. The van der Waals surface area contributed by atoms with Crippen LogP contribution in [0.25, 0.3) is 5.69 Å². The Bertz CT molecular complexity index is 579. The van der Waals surface area contributed by atoms with E-state index >= 15 is 0 Å². The monoisotopic (exact) mass is 241 g/mol. The van der Waals surface area contributed by atoms with E-state index < -0.39 is 0 Å². The van der Waals surface area contributed by atoms with Gasteiger partial charge in [0.1, 0.15) is 0 Å². The summed E-state index contributed by atoms with van der Waals surface area (Å²) < 4.78 is 1.96. The summed E-state index contributed by atoms with van der Waals surface area (Å²) in [6, 6.07) is 8.53. The van der Waals surface area contributed by atoms with Gasteiger partial charge < -0.3 is 5.73 Å². The van der Waals surface area contributed by atoms with Crippen molar-refractivity contribution in [2.45, 2.75) is 32.1 Å². The summed E-state index contributed by atoms with van der Waals surface area (Å²) in [5.74, 6) is 0. The molecule has 1 aromatic carbocycles. The van der Waals surface area contributed by atoms with Crippen molar-refractivity contribution in [3.8, 4) is 5.69 Å². The lowest BCUT2D eigenvalue weighted by molar-refractivity contribution is 0.661. The van der Waals surface area contributed by atoms with Gasteiger partial charge in [-0.2, -0.15) is 5.10 Å². The molecular weight excluding hydrogens is 222 g/mol. The highest BCUT2D eigenvalue weighted by Gasteiger charge is 2.44. The summed E-state index contributed by atoms with van der Waals surface area (Å²) in [7, 11) is 0. The number of aromatic nitrogens is 2. The lowest BCUT2D eigenvalue weighted by Crippen LogP contribution is -2.20. The van der Waals surface area contributed by atoms with E-state index in [2.05, 4.69) is 38.1 Å². The third-order valence-electron chi connectivity index (χ3n) is 4.13. The van der Waals surface area contributed by atoms with Gasteiger partial charge in [-0.1, -0.05) is 6.07 Å². The largest absolute Gasteiger partial charge is 0.330 e. The van der Waals surface area contributed by atoms with Crippen LogP contribution in [0.4, 0.5) is 0 Å². The molecule has 1 fully saturated rings. The van der Waals surface area contributed by atoms with Crippen LogP contribution in [0.2, 0.25) is 0 Å². The third-order valence-corrected chi connectivity index (χ3v) is 4.13. The molecule has 0 saturated heterocycles. The summed E-state index contributed by atoms with van der Waals surface area (Å²) >= 11 is 0. The minimum Gasteiger partial charge on any atom is -0.330 e. The van der Waals surface area contributed by atoms with Gasteiger partial charge in [-0.3, -0.25) is 0 Å². The Morgan fingerprint density at radius 1 is 1.22 bits per heavy atom. The molecule has 1 aliphatic rings. The molecule has 18 heavy (non-hydrogen) atoms. The van der Waals surface area contributed by atoms with E-state index in [4.69, 9.17) is 10.8 Å². The van der Waals surface area contributed by atoms with Gasteiger partial charge in [0.2, 0.25) is 0 Å². The summed E-state index contributed by atoms with van der Waals surface area (Å²) in [6.45, 7) is 4.96. The number of aryl methyl sites for hydroxylation is 2. The van der Waals surface area contributed by atoms with Gasteiger partial charge in [-0.25, -0.2) is 4.68 Å². The molecule has 3 heteroatoms. The van der Waals surface area contributed by atoms with Crippen LogP contribution in [0.15, 0.2) is 30.5 Å². The third kappa shape index (κ3) is 1.75. The standard InChI is InChI=1S/C15H19N3/c1-11-3-4-13(9-12(11)2)18-8-5-14(17-18)15(10-16)6-7-15/h3-5,8-9H,6-7,10,16H2,1-2H3. The smallest absolute Gasteiger partial charge is 0.0703 e. The Balaban J connectivity index is 1.95. The SMILES string of the molecule is Cc1ccc(-n2ccc(C3(CN)CC3)n2)cc1C. The van der Waals surface area contributed by atoms with Crippen molar-refractivity contribution in [3.05, 3.63) is 47.3 Å². The maximum Gasteiger partial charge on any atom is 0.0703 e. The zero-order valence-electron chi connectivity index (χ0n) is 11.0. The molecule has 0 spiro atoms. The Hall–Kier alpha value is -1.61. The molecule has 0 amide bonds. The molecule has 0 unspecified atom stereocenters. The van der Waals surface area contributed by atoms with Crippen LogP contribution >= 0.6 is 0 Å². The normalized spacial score (nSPS) is 16.8. The van der Waals surface area contributed by atoms with Crippen molar-refractivity contribution in [3.63, 3.8) is 0 Å². The topological polar surface area (TPSA) is 43.8 Å². The lowest BCUT2D eigenvalue weighted by Gasteiger charge is -2.08. The molecule has 1 saturated carbocycles. The average Bonchev–Trinajstić information content (AvgIpc) is 3.02. The van der Waals surface area contributed by atoms with Crippen LogP contribution in [0.5, 0.6) is 0 Å². The number of nitrogens with zero attached hydrogens (tertiary/aromatic N) is 2. The quantitative estimate of drug-likeness (QED) is 0.897. The van der Waals surface area contributed by atoms with Gasteiger partial charge in [0.25, 0.3) is 0 Å². The molecule has 1 heterocycles. The molecule has 1 aromatic heterocycles. The number of hydrogen-bond acceptors (Lipinski definition) is 2. The first-order valence-corrected chi connectivity index (χ1v) is 6.48. The Labute approximate surface area is 108 Å². The fourth-order valence-electron chi connectivity index (χ4n) is 2.33. The molecule has 2 aromatic rings. The van der Waals surface area contributed by atoms with E-state index in [1.54, 1.807) is 0 Å². The van der Waals surface area contributed by atoms with Gasteiger partial charge in [0.15, 0.2) is 0 Å². The van der Waals surface area contributed by atoms with E-state index in [1.165, 1.54) is 24.0 Å². The molecule has 0 aliphatic heterocycles. The molecule has 94 valence electrons. The van der Waals surface area contributed by atoms with E-state index in [0.29, 0.717) is 6.54 Å². The van der Waals surface area contributed by atoms with Crippen molar-refractivity contribution >= 4 is 0 Å². The van der Waals surface area contributed by atoms with Crippen molar-refractivity contribution in [2.75, 3.05) is 6.54 Å². The van der Waals surface area contributed by atoms with E-state index in [-0.39, 0.29) is 5.41 Å². The predicted molar refractivity (Wildman–Crippen MR) is 73.0 cm³/mol. The maximum atomic E-state index is 5.84. The van der Waals surface area contributed by atoms with Crippen LogP contribution in [0.3, 0.4) is 0 Å². The van der Waals surface area contributed by atoms with Crippen molar-refractivity contribution in [2.24, 2.45) is 5.73 Å². The fourth-order valence-corrected chi connectivity index (χ4v) is 2.33. The minimum atomic E-state index is 0.172. The lowest BCUT2D eigenvalue weighted by atomic mass is 10.0. The molecule has 0 bridgehead atoms. The highest BCUT2D eigenvalue weighted by molar-refractivity contribution is 5.39. The van der Waals surface area contributed by atoms with Crippen molar-refractivity contribution < 1.29 is 0 Å². The van der Waals surface area contributed by atoms with Crippen LogP contribution in [0, 0.1) is 13.8 Å². The average molecular weight is 241 g/mol. The van der Waals surface area contributed by atoms with Crippen LogP contribution < -0.4 is 5.73 Å². The second-order valence-corrected chi connectivity index (χ2v) is 5.40. The fraction of sp³-hybridized carbons (Fsp3) is 0.400. The van der Waals surface area contributed by atoms with Gasteiger partial charge >= 0.3 is 0 Å². The summed E-state index contributed by atoms with van der Waals surface area (Å²) in [4.78, 5) is 0. The number of rotatable bonds is 3. The zero-order valence-corrected chi connectivity index (χ0v) is 11.0. The highest BCUT2D eigenvalue weighted by Crippen LogP contribution is 2.46. The maximum absolute atomic E-state index is 5.84. The summed E-state index contributed by atoms with van der Waals surface area (Å²) in [6.07, 6.45) is 4.38. The molecule has 3 rings (SSSR count). The van der Waals surface area contributed by atoms with E-state index in [1.807, 2.05) is 10.9 Å². The zero-order chi connectivity index (χ0) is 12.8. The molecule has 2 N–H and O–H groups in total. The minimum absolute atomic E-state index is 0.172. The molecule has 3 nitrogen and oxygen atoms in total. The molecular formula is C15H19N3. The van der Waals surface area contributed by atoms with Crippen LogP contribution in [0.1, 0.15) is 29.7 Å². The van der Waals surface area contributed by atoms with Crippen molar-refractivity contribution in [1.82, 2.24) is 9.78 Å².